The van der Waals surface area contributed by atoms with Crippen LogP contribution in [0.25, 0.3) is 17.1 Å². The summed E-state index contributed by atoms with van der Waals surface area (Å²) < 4.78 is 7.32. The molecule has 15 heavy (non-hydrogen) atoms. The second-order valence-electron chi connectivity index (χ2n) is 3.53. The molecule has 0 aliphatic heterocycles. The first kappa shape index (κ1) is 8.29. The van der Waals surface area contributed by atoms with Gasteiger partial charge in [-0.2, -0.15) is 0 Å². The van der Waals surface area contributed by atoms with Gasteiger partial charge in [-0.3, -0.25) is 0 Å². The van der Waals surface area contributed by atoms with Gasteiger partial charge in [0.25, 0.3) is 0 Å². The van der Waals surface area contributed by atoms with Crippen LogP contribution in [0.1, 0.15) is 5.56 Å². The Morgan fingerprint density at radius 3 is 2.93 bits per heavy atom. The quantitative estimate of drug-likeness (QED) is 0.601. The number of aryl methyl sites for hydroxylation is 1. The van der Waals surface area contributed by atoms with Crippen LogP contribution in [0.3, 0.4) is 0 Å². The van der Waals surface area contributed by atoms with Crippen molar-refractivity contribution in [3.63, 3.8) is 0 Å². The number of imidazole rings is 1. The molecule has 0 N–H and O–H groups in total. The number of furan rings is 1. The number of rotatable bonds is 1. The molecular formula is C12H10N2O. The van der Waals surface area contributed by atoms with Crippen LogP contribution in [0.15, 0.2) is 47.3 Å². The molecule has 3 aromatic heterocycles. The SMILES string of the molecule is Cc1cccn2cc(-c3ccco3)nc12. The van der Waals surface area contributed by atoms with Gasteiger partial charge < -0.3 is 8.82 Å². The second kappa shape index (κ2) is 2.98. The number of aromatic nitrogens is 2. The van der Waals surface area contributed by atoms with E-state index >= 15 is 0 Å². The molecule has 3 nitrogen and oxygen atoms in total. The van der Waals surface area contributed by atoms with E-state index in [1.165, 1.54) is 0 Å². The zero-order valence-corrected chi connectivity index (χ0v) is 8.34. The Bertz CT molecular complexity index is 593. The van der Waals surface area contributed by atoms with Crippen molar-refractivity contribution in [3.05, 3.63) is 48.5 Å². The van der Waals surface area contributed by atoms with E-state index in [0.29, 0.717) is 0 Å². The summed E-state index contributed by atoms with van der Waals surface area (Å²) in [4.78, 5) is 4.52. The largest absolute Gasteiger partial charge is 0.463 e. The summed E-state index contributed by atoms with van der Waals surface area (Å²) in [6.07, 6.45) is 5.62. The number of hydrogen-bond acceptors (Lipinski definition) is 2. The highest BCUT2D eigenvalue weighted by Crippen LogP contribution is 2.20. The van der Waals surface area contributed by atoms with Crippen LogP contribution in [-0.2, 0) is 0 Å². The molecule has 3 heteroatoms. The fraction of sp³-hybridized carbons (Fsp3) is 0.0833. The van der Waals surface area contributed by atoms with Crippen molar-refractivity contribution >= 4 is 5.65 Å². The Morgan fingerprint density at radius 1 is 1.27 bits per heavy atom. The summed E-state index contributed by atoms with van der Waals surface area (Å²) in [6.45, 7) is 2.05. The Kier molecular flexibility index (Phi) is 1.65. The van der Waals surface area contributed by atoms with Crippen molar-refractivity contribution in [1.82, 2.24) is 9.38 Å². The van der Waals surface area contributed by atoms with Gasteiger partial charge in [0, 0.05) is 12.4 Å². The second-order valence-corrected chi connectivity index (χ2v) is 3.53. The molecule has 0 unspecified atom stereocenters. The fourth-order valence-electron chi connectivity index (χ4n) is 1.70. The van der Waals surface area contributed by atoms with E-state index in [1.54, 1.807) is 6.26 Å². The van der Waals surface area contributed by atoms with Gasteiger partial charge >= 0.3 is 0 Å². The maximum absolute atomic E-state index is 5.31. The Balaban J connectivity index is 2.27. The summed E-state index contributed by atoms with van der Waals surface area (Å²) in [5, 5.41) is 0. The van der Waals surface area contributed by atoms with Crippen molar-refractivity contribution in [2.75, 3.05) is 0 Å². The molecule has 0 bridgehead atoms. The molecule has 0 saturated heterocycles. The molecule has 3 heterocycles. The van der Waals surface area contributed by atoms with E-state index in [4.69, 9.17) is 4.42 Å². The molecule has 0 atom stereocenters. The highest BCUT2D eigenvalue weighted by atomic mass is 16.3. The molecule has 3 rings (SSSR count). The van der Waals surface area contributed by atoms with Crippen LogP contribution in [-0.4, -0.2) is 9.38 Å². The smallest absolute Gasteiger partial charge is 0.153 e. The van der Waals surface area contributed by atoms with Crippen molar-refractivity contribution in [2.45, 2.75) is 6.92 Å². The van der Waals surface area contributed by atoms with Crippen LogP contribution < -0.4 is 0 Å². The van der Waals surface area contributed by atoms with Crippen LogP contribution in [0.5, 0.6) is 0 Å². The summed E-state index contributed by atoms with van der Waals surface area (Å²) in [6, 6.07) is 7.84. The predicted molar refractivity (Wildman–Crippen MR) is 57.6 cm³/mol. The van der Waals surface area contributed by atoms with Gasteiger partial charge in [0.1, 0.15) is 11.3 Å². The normalized spacial score (nSPS) is 11.0. The molecule has 0 aliphatic carbocycles. The van der Waals surface area contributed by atoms with Gasteiger partial charge in [0.15, 0.2) is 5.76 Å². The zero-order chi connectivity index (χ0) is 10.3. The molecule has 3 aromatic rings. The highest BCUT2D eigenvalue weighted by Gasteiger charge is 2.07. The molecule has 0 amide bonds. The predicted octanol–water partition coefficient (Wildman–Crippen LogP) is 2.90. The number of nitrogens with zero attached hydrogens (tertiary/aromatic N) is 2. The number of fused-ring (bicyclic) bond motifs is 1. The van der Waals surface area contributed by atoms with Gasteiger partial charge in [0.05, 0.1) is 6.26 Å². The third-order valence-corrected chi connectivity index (χ3v) is 2.45. The maximum Gasteiger partial charge on any atom is 0.153 e. The molecule has 0 radical (unpaired) electrons. The summed E-state index contributed by atoms with van der Waals surface area (Å²) in [7, 11) is 0. The topological polar surface area (TPSA) is 30.4 Å². The minimum Gasteiger partial charge on any atom is -0.463 e. The Labute approximate surface area is 87.0 Å². The van der Waals surface area contributed by atoms with Gasteiger partial charge in [0.2, 0.25) is 0 Å². The molecule has 0 saturated carbocycles. The Morgan fingerprint density at radius 2 is 2.20 bits per heavy atom. The summed E-state index contributed by atoms with van der Waals surface area (Å²) >= 11 is 0. The first-order valence-electron chi connectivity index (χ1n) is 4.83. The van der Waals surface area contributed by atoms with Gasteiger partial charge in [-0.15, -0.1) is 0 Å². The van der Waals surface area contributed by atoms with Crippen LogP contribution in [0, 0.1) is 6.92 Å². The van der Waals surface area contributed by atoms with Crippen LogP contribution in [0.2, 0.25) is 0 Å². The molecule has 0 aliphatic rings. The third kappa shape index (κ3) is 1.24. The average molecular weight is 198 g/mol. The van der Waals surface area contributed by atoms with Gasteiger partial charge in [-0.25, -0.2) is 4.98 Å². The van der Waals surface area contributed by atoms with Gasteiger partial charge in [-0.1, -0.05) is 6.07 Å². The van der Waals surface area contributed by atoms with E-state index in [9.17, 15) is 0 Å². The van der Waals surface area contributed by atoms with E-state index in [1.807, 2.05) is 48.0 Å². The lowest BCUT2D eigenvalue weighted by Crippen LogP contribution is -1.83. The summed E-state index contributed by atoms with van der Waals surface area (Å²) in [5.41, 5.74) is 3.01. The van der Waals surface area contributed by atoms with E-state index < -0.39 is 0 Å². The maximum atomic E-state index is 5.31. The summed E-state index contributed by atoms with van der Waals surface area (Å²) in [5.74, 6) is 0.804. The lowest BCUT2D eigenvalue weighted by Gasteiger charge is -1.93. The van der Waals surface area contributed by atoms with Crippen LogP contribution >= 0.6 is 0 Å². The monoisotopic (exact) mass is 198 g/mol. The lowest BCUT2D eigenvalue weighted by molar-refractivity contribution is 0.580. The molecular weight excluding hydrogens is 188 g/mol. The highest BCUT2D eigenvalue weighted by molar-refractivity contribution is 5.59. The van der Waals surface area contributed by atoms with Crippen molar-refractivity contribution < 1.29 is 4.42 Å². The first-order chi connectivity index (χ1) is 7.34. The van der Waals surface area contributed by atoms with E-state index in [-0.39, 0.29) is 0 Å². The van der Waals surface area contributed by atoms with E-state index in [0.717, 1.165) is 22.7 Å². The molecule has 0 spiro atoms. The number of pyridine rings is 1. The first-order valence-corrected chi connectivity index (χ1v) is 4.83. The van der Waals surface area contributed by atoms with Crippen molar-refractivity contribution in [1.29, 1.82) is 0 Å². The fourth-order valence-corrected chi connectivity index (χ4v) is 1.70. The molecule has 74 valence electrons. The average Bonchev–Trinajstić information content (AvgIpc) is 2.86. The van der Waals surface area contributed by atoms with Crippen LogP contribution in [0.4, 0.5) is 0 Å². The minimum atomic E-state index is 0.804. The molecule has 0 aromatic carbocycles. The Hall–Kier alpha value is -2.03. The van der Waals surface area contributed by atoms with E-state index in [2.05, 4.69) is 4.98 Å². The lowest BCUT2D eigenvalue weighted by atomic mass is 10.3. The number of hydrogen-bond donors (Lipinski definition) is 0. The van der Waals surface area contributed by atoms with Crippen molar-refractivity contribution in [3.8, 4) is 11.5 Å². The molecule has 0 fully saturated rings. The zero-order valence-electron chi connectivity index (χ0n) is 8.34. The minimum absolute atomic E-state index is 0.804. The van der Waals surface area contributed by atoms with Crippen molar-refractivity contribution in [2.24, 2.45) is 0 Å². The third-order valence-electron chi connectivity index (χ3n) is 2.45. The van der Waals surface area contributed by atoms with Gasteiger partial charge in [-0.05, 0) is 30.7 Å². The standard InChI is InChI=1S/C12H10N2O/c1-9-4-2-6-14-8-10(13-12(9)14)11-5-3-7-15-11/h2-8H,1H3.